The summed E-state index contributed by atoms with van der Waals surface area (Å²) in [4.78, 5) is 2.33. The van der Waals surface area contributed by atoms with Crippen molar-refractivity contribution in [1.29, 1.82) is 0 Å². The van der Waals surface area contributed by atoms with Gasteiger partial charge in [-0.25, -0.2) is 0 Å². The number of aryl methyl sites for hydroxylation is 1. The van der Waals surface area contributed by atoms with Crippen molar-refractivity contribution >= 4 is 0 Å². The van der Waals surface area contributed by atoms with Crippen LogP contribution in [0, 0.1) is 0 Å². The Bertz CT molecular complexity index is 678. The quantitative estimate of drug-likeness (QED) is 0.781. The van der Waals surface area contributed by atoms with Crippen LogP contribution in [0.4, 0.5) is 13.2 Å². The SMILES string of the molecule is FC(F)(F)Oc1ccccc1-c1ccc(CCCN2CCOCC2)o1. The number of furan rings is 1. The molecule has 0 saturated carbocycles. The average molecular weight is 355 g/mol. The van der Waals surface area contributed by atoms with Crippen molar-refractivity contribution in [2.24, 2.45) is 0 Å². The first kappa shape index (κ1) is 17.8. The molecule has 4 nitrogen and oxygen atoms in total. The van der Waals surface area contributed by atoms with E-state index in [1.807, 2.05) is 0 Å². The molecular formula is C18H20F3NO3. The van der Waals surface area contributed by atoms with Gasteiger partial charge >= 0.3 is 6.36 Å². The summed E-state index contributed by atoms with van der Waals surface area (Å²) in [6.45, 7) is 4.35. The summed E-state index contributed by atoms with van der Waals surface area (Å²) < 4.78 is 52.7. The first-order chi connectivity index (χ1) is 12.0. The van der Waals surface area contributed by atoms with Crippen molar-refractivity contribution in [3.8, 4) is 17.1 Å². The van der Waals surface area contributed by atoms with Crippen LogP contribution < -0.4 is 4.74 Å². The fourth-order valence-electron chi connectivity index (χ4n) is 2.84. The lowest BCUT2D eigenvalue weighted by molar-refractivity contribution is -0.274. The molecule has 1 saturated heterocycles. The molecule has 25 heavy (non-hydrogen) atoms. The van der Waals surface area contributed by atoms with Gasteiger partial charge in [0.2, 0.25) is 0 Å². The summed E-state index contributed by atoms with van der Waals surface area (Å²) in [6.07, 6.45) is -3.07. The minimum atomic E-state index is -4.73. The number of rotatable bonds is 6. The maximum Gasteiger partial charge on any atom is 0.573 e. The molecule has 3 rings (SSSR count). The molecule has 0 unspecified atom stereocenters. The highest BCUT2D eigenvalue weighted by Crippen LogP contribution is 2.34. The topological polar surface area (TPSA) is 34.8 Å². The van der Waals surface area contributed by atoms with E-state index in [-0.39, 0.29) is 5.75 Å². The van der Waals surface area contributed by atoms with Crippen molar-refractivity contribution in [3.63, 3.8) is 0 Å². The second-order valence-corrected chi connectivity index (χ2v) is 5.87. The van der Waals surface area contributed by atoms with Crippen LogP contribution in [-0.2, 0) is 11.2 Å². The van der Waals surface area contributed by atoms with Gasteiger partial charge in [0, 0.05) is 19.5 Å². The van der Waals surface area contributed by atoms with E-state index in [2.05, 4.69) is 9.64 Å². The molecule has 0 atom stereocenters. The van der Waals surface area contributed by atoms with E-state index in [0.717, 1.165) is 51.4 Å². The van der Waals surface area contributed by atoms with Crippen molar-refractivity contribution < 1.29 is 27.1 Å². The van der Waals surface area contributed by atoms with Crippen LogP contribution in [0.3, 0.4) is 0 Å². The third-order valence-corrected chi connectivity index (χ3v) is 4.04. The van der Waals surface area contributed by atoms with Crippen LogP contribution in [0.5, 0.6) is 5.75 Å². The Morgan fingerprint density at radius 1 is 1.04 bits per heavy atom. The van der Waals surface area contributed by atoms with Crippen molar-refractivity contribution in [2.75, 3.05) is 32.8 Å². The van der Waals surface area contributed by atoms with Gasteiger partial charge in [-0.05, 0) is 37.2 Å². The highest BCUT2D eigenvalue weighted by Gasteiger charge is 2.32. The van der Waals surface area contributed by atoms with Crippen LogP contribution in [0.15, 0.2) is 40.8 Å². The van der Waals surface area contributed by atoms with Gasteiger partial charge in [0.25, 0.3) is 0 Å². The third-order valence-electron chi connectivity index (χ3n) is 4.04. The standard InChI is InChI=1S/C18H20F3NO3/c19-18(20,21)25-17-6-2-1-5-15(17)16-8-7-14(24-16)4-3-9-22-10-12-23-13-11-22/h1-2,5-8H,3-4,9-13H2. The molecule has 0 radical (unpaired) electrons. The Balaban J connectivity index is 1.61. The number of morpholine rings is 1. The summed E-state index contributed by atoms with van der Waals surface area (Å²) in [7, 11) is 0. The van der Waals surface area contributed by atoms with E-state index in [0.29, 0.717) is 11.3 Å². The van der Waals surface area contributed by atoms with Crippen LogP contribution in [-0.4, -0.2) is 44.1 Å². The van der Waals surface area contributed by atoms with E-state index >= 15 is 0 Å². The van der Waals surface area contributed by atoms with E-state index in [9.17, 15) is 13.2 Å². The lowest BCUT2D eigenvalue weighted by Crippen LogP contribution is -2.36. The molecule has 0 amide bonds. The highest BCUT2D eigenvalue weighted by atomic mass is 19.4. The number of ether oxygens (including phenoxy) is 2. The third kappa shape index (κ3) is 5.24. The molecule has 0 bridgehead atoms. The van der Waals surface area contributed by atoms with Crippen molar-refractivity contribution in [1.82, 2.24) is 4.90 Å². The molecule has 0 N–H and O–H groups in total. The Labute approximate surface area is 144 Å². The number of nitrogens with zero attached hydrogens (tertiary/aromatic N) is 1. The van der Waals surface area contributed by atoms with E-state index in [1.54, 1.807) is 24.3 Å². The average Bonchev–Trinajstić information content (AvgIpc) is 3.03. The maximum atomic E-state index is 12.5. The molecule has 1 aliphatic heterocycles. The van der Waals surface area contributed by atoms with Gasteiger partial charge in [-0.2, -0.15) is 0 Å². The lowest BCUT2D eigenvalue weighted by Gasteiger charge is -2.26. The van der Waals surface area contributed by atoms with E-state index in [1.165, 1.54) is 12.1 Å². The molecule has 136 valence electrons. The minimum Gasteiger partial charge on any atom is -0.461 e. The van der Waals surface area contributed by atoms with Gasteiger partial charge in [0.15, 0.2) is 0 Å². The van der Waals surface area contributed by atoms with Crippen molar-refractivity contribution in [3.05, 3.63) is 42.2 Å². The van der Waals surface area contributed by atoms with Crippen LogP contribution >= 0.6 is 0 Å². The van der Waals surface area contributed by atoms with Gasteiger partial charge < -0.3 is 13.9 Å². The lowest BCUT2D eigenvalue weighted by atomic mass is 10.1. The smallest absolute Gasteiger partial charge is 0.461 e. The first-order valence-electron chi connectivity index (χ1n) is 8.25. The van der Waals surface area contributed by atoms with E-state index in [4.69, 9.17) is 9.15 Å². The zero-order chi connectivity index (χ0) is 17.7. The summed E-state index contributed by atoms with van der Waals surface area (Å²) in [5.41, 5.74) is 0.291. The number of alkyl halides is 3. The highest BCUT2D eigenvalue weighted by molar-refractivity contribution is 5.65. The second kappa shape index (κ2) is 7.93. The summed E-state index contributed by atoms with van der Waals surface area (Å²) in [6, 6.07) is 9.47. The molecule has 2 aromatic rings. The number of hydrogen-bond donors (Lipinski definition) is 0. The van der Waals surface area contributed by atoms with Gasteiger partial charge in [0.1, 0.15) is 17.3 Å². The minimum absolute atomic E-state index is 0.260. The molecule has 1 aromatic heterocycles. The molecule has 7 heteroatoms. The molecule has 1 fully saturated rings. The molecule has 1 aromatic carbocycles. The molecular weight excluding hydrogens is 335 g/mol. The van der Waals surface area contributed by atoms with Crippen molar-refractivity contribution in [2.45, 2.75) is 19.2 Å². The molecule has 0 aliphatic carbocycles. The van der Waals surface area contributed by atoms with Crippen LogP contribution in [0.2, 0.25) is 0 Å². The fraction of sp³-hybridized carbons (Fsp3) is 0.444. The van der Waals surface area contributed by atoms with Gasteiger partial charge in [0.05, 0.1) is 18.8 Å². The predicted octanol–water partition coefficient (Wildman–Crippen LogP) is 4.11. The first-order valence-corrected chi connectivity index (χ1v) is 8.25. The normalized spacial score (nSPS) is 16.1. The summed E-state index contributed by atoms with van der Waals surface area (Å²) >= 11 is 0. The Kier molecular flexibility index (Phi) is 5.65. The van der Waals surface area contributed by atoms with Gasteiger partial charge in [-0.15, -0.1) is 13.2 Å². The Morgan fingerprint density at radius 3 is 2.56 bits per heavy atom. The van der Waals surface area contributed by atoms with E-state index < -0.39 is 6.36 Å². The van der Waals surface area contributed by atoms with Gasteiger partial charge in [-0.1, -0.05) is 12.1 Å². The summed E-state index contributed by atoms with van der Waals surface area (Å²) in [5, 5.41) is 0. The Morgan fingerprint density at radius 2 is 1.80 bits per heavy atom. The molecule has 0 spiro atoms. The number of benzene rings is 1. The molecule has 2 heterocycles. The second-order valence-electron chi connectivity index (χ2n) is 5.87. The van der Waals surface area contributed by atoms with Crippen LogP contribution in [0.1, 0.15) is 12.2 Å². The number of hydrogen-bond acceptors (Lipinski definition) is 4. The fourth-order valence-corrected chi connectivity index (χ4v) is 2.84. The predicted molar refractivity (Wildman–Crippen MR) is 86.4 cm³/mol. The van der Waals surface area contributed by atoms with Crippen LogP contribution in [0.25, 0.3) is 11.3 Å². The van der Waals surface area contributed by atoms with Gasteiger partial charge in [-0.3, -0.25) is 4.90 Å². The zero-order valence-corrected chi connectivity index (χ0v) is 13.7. The maximum absolute atomic E-state index is 12.5. The largest absolute Gasteiger partial charge is 0.573 e. The molecule has 1 aliphatic rings. The number of halogens is 3. The Hall–Kier alpha value is -1.99. The number of para-hydroxylation sites is 1. The summed E-state index contributed by atoms with van der Waals surface area (Å²) in [5.74, 6) is 0.871. The zero-order valence-electron chi connectivity index (χ0n) is 13.7. The monoisotopic (exact) mass is 355 g/mol.